The van der Waals surface area contributed by atoms with Gasteiger partial charge in [-0.2, -0.15) is 26.3 Å². The van der Waals surface area contributed by atoms with Crippen molar-refractivity contribution in [3.05, 3.63) is 37.9 Å². The van der Waals surface area contributed by atoms with E-state index in [-0.39, 0.29) is 13.5 Å². The Bertz CT molecular complexity index is 765. The van der Waals surface area contributed by atoms with Crippen molar-refractivity contribution < 1.29 is 26.3 Å². The van der Waals surface area contributed by atoms with Crippen LogP contribution < -0.4 is 5.73 Å². The Labute approximate surface area is 143 Å². The zero-order valence-corrected chi connectivity index (χ0v) is 13.8. The Morgan fingerprint density at radius 1 is 1.13 bits per heavy atom. The fourth-order valence-corrected chi connectivity index (χ4v) is 3.75. The predicted molar refractivity (Wildman–Crippen MR) is 81.3 cm³/mol. The largest absolute Gasteiger partial charge is 0.435 e. The number of nitrogens with one attached hydrogen (secondary N) is 1. The van der Waals surface area contributed by atoms with Crippen LogP contribution in [-0.4, -0.2) is 10.8 Å². The molecule has 1 heterocycles. The molecule has 0 bridgehead atoms. The summed E-state index contributed by atoms with van der Waals surface area (Å²) < 4.78 is 77.3. The number of nitrogens with two attached hydrogens (primary N) is 1. The van der Waals surface area contributed by atoms with E-state index in [9.17, 15) is 26.3 Å². The third-order valence-electron chi connectivity index (χ3n) is 2.72. The topological polar surface area (TPSA) is 62.8 Å². The molecule has 3 nitrogen and oxygen atoms in total. The van der Waals surface area contributed by atoms with Gasteiger partial charge in [-0.3, -0.25) is 5.41 Å². The minimum atomic E-state index is -4.80. The van der Waals surface area contributed by atoms with E-state index in [1.807, 2.05) is 0 Å². The zero-order chi connectivity index (χ0) is 17.6. The van der Waals surface area contributed by atoms with Crippen LogP contribution in [0.5, 0.6) is 0 Å². The van der Waals surface area contributed by atoms with Crippen LogP contribution in [0, 0.1) is 8.29 Å². The van der Waals surface area contributed by atoms with Crippen LogP contribution in [0.15, 0.2) is 18.2 Å². The van der Waals surface area contributed by atoms with Crippen LogP contribution in [0.1, 0.15) is 16.8 Å². The van der Waals surface area contributed by atoms with Gasteiger partial charge in [0.1, 0.15) is 10.8 Å². The molecule has 0 saturated carbocycles. The SMILES string of the molecule is N=C(N)c1c(-c2nc(C(F)(F)F)c(I)s2)cccc1C(F)(F)F. The number of amidine groups is 1. The molecule has 0 aliphatic heterocycles. The molecule has 0 radical (unpaired) electrons. The lowest BCUT2D eigenvalue weighted by atomic mass is 10.00. The molecule has 11 heteroatoms. The number of nitrogen functional groups attached to an aromatic ring is 1. The summed E-state index contributed by atoms with van der Waals surface area (Å²) in [5.41, 5.74) is 1.91. The monoisotopic (exact) mass is 465 g/mol. The summed E-state index contributed by atoms with van der Waals surface area (Å²) in [5, 5.41) is 7.08. The highest BCUT2D eigenvalue weighted by molar-refractivity contribution is 14.1. The second-order valence-corrected chi connectivity index (χ2v) is 7.09. The Hall–Kier alpha value is -1.37. The van der Waals surface area contributed by atoms with Crippen molar-refractivity contribution in [2.45, 2.75) is 12.4 Å². The highest BCUT2D eigenvalue weighted by atomic mass is 127. The van der Waals surface area contributed by atoms with Gasteiger partial charge in [-0.05, 0) is 28.7 Å². The van der Waals surface area contributed by atoms with Crippen LogP contribution in [0.3, 0.4) is 0 Å². The number of hydrogen-bond donors (Lipinski definition) is 2. The molecule has 2 rings (SSSR count). The fraction of sp³-hybridized carbons (Fsp3) is 0.167. The second-order valence-electron chi connectivity index (χ2n) is 4.28. The molecular formula is C12H6F6IN3S. The molecule has 1 aromatic carbocycles. The summed E-state index contributed by atoms with van der Waals surface area (Å²) in [6.07, 6.45) is -9.52. The molecule has 23 heavy (non-hydrogen) atoms. The first-order valence-electron chi connectivity index (χ1n) is 5.71. The van der Waals surface area contributed by atoms with E-state index >= 15 is 0 Å². The van der Waals surface area contributed by atoms with Gasteiger partial charge in [-0.25, -0.2) is 4.98 Å². The van der Waals surface area contributed by atoms with Gasteiger partial charge >= 0.3 is 12.4 Å². The number of nitrogens with zero attached hydrogens (tertiary/aromatic N) is 1. The van der Waals surface area contributed by atoms with Crippen molar-refractivity contribution in [2.75, 3.05) is 0 Å². The zero-order valence-electron chi connectivity index (χ0n) is 10.8. The lowest BCUT2D eigenvalue weighted by Crippen LogP contribution is -2.20. The van der Waals surface area contributed by atoms with Crippen molar-refractivity contribution in [1.82, 2.24) is 4.98 Å². The van der Waals surface area contributed by atoms with E-state index in [4.69, 9.17) is 11.1 Å². The summed E-state index contributed by atoms with van der Waals surface area (Å²) in [6, 6.07) is 2.90. The predicted octanol–water partition coefficient (Wildman–Crippen LogP) is 4.74. The Balaban J connectivity index is 2.73. The van der Waals surface area contributed by atoms with E-state index in [1.54, 1.807) is 0 Å². The van der Waals surface area contributed by atoms with Gasteiger partial charge in [0.2, 0.25) is 0 Å². The van der Waals surface area contributed by atoms with Gasteiger partial charge < -0.3 is 5.73 Å². The first-order chi connectivity index (χ1) is 10.4. The number of alkyl halides is 6. The molecule has 0 amide bonds. The average Bonchev–Trinajstić information content (AvgIpc) is 2.78. The van der Waals surface area contributed by atoms with Gasteiger partial charge in [0, 0.05) is 11.1 Å². The van der Waals surface area contributed by atoms with Gasteiger partial charge in [0.05, 0.1) is 8.45 Å². The van der Waals surface area contributed by atoms with E-state index < -0.39 is 35.0 Å². The van der Waals surface area contributed by atoms with Crippen LogP contribution in [0.4, 0.5) is 26.3 Å². The lowest BCUT2D eigenvalue weighted by Gasteiger charge is -2.14. The molecule has 0 aliphatic carbocycles. The molecule has 124 valence electrons. The van der Waals surface area contributed by atoms with Crippen molar-refractivity contribution >= 4 is 39.8 Å². The highest BCUT2D eigenvalue weighted by Crippen LogP contribution is 2.41. The Morgan fingerprint density at radius 2 is 1.74 bits per heavy atom. The third kappa shape index (κ3) is 3.59. The first kappa shape index (κ1) is 18.0. The molecule has 0 fully saturated rings. The second kappa shape index (κ2) is 5.92. The molecule has 0 atom stereocenters. The number of thiazole rings is 1. The number of aromatic nitrogens is 1. The minimum Gasteiger partial charge on any atom is -0.384 e. The normalized spacial score (nSPS) is 12.5. The van der Waals surface area contributed by atoms with Crippen LogP contribution >= 0.6 is 33.9 Å². The van der Waals surface area contributed by atoms with E-state index in [0.29, 0.717) is 17.4 Å². The molecular weight excluding hydrogens is 459 g/mol. The van der Waals surface area contributed by atoms with E-state index in [1.165, 1.54) is 22.6 Å². The van der Waals surface area contributed by atoms with Crippen LogP contribution in [-0.2, 0) is 12.4 Å². The fourth-order valence-electron chi connectivity index (χ4n) is 1.85. The molecule has 2 aromatic rings. The van der Waals surface area contributed by atoms with Gasteiger partial charge in [0.15, 0.2) is 5.69 Å². The third-order valence-corrected chi connectivity index (χ3v) is 4.77. The highest BCUT2D eigenvalue weighted by Gasteiger charge is 2.39. The average molecular weight is 465 g/mol. The summed E-state index contributed by atoms with van der Waals surface area (Å²) in [4.78, 5) is 3.38. The summed E-state index contributed by atoms with van der Waals surface area (Å²) in [6.45, 7) is 0. The first-order valence-corrected chi connectivity index (χ1v) is 7.61. The number of halogens is 7. The lowest BCUT2D eigenvalue weighted by molar-refractivity contribution is -0.141. The van der Waals surface area contributed by atoms with Crippen LogP contribution in [0.25, 0.3) is 10.6 Å². The molecule has 0 saturated heterocycles. The van der Waals surface area contributed by atoms with E-state index in [0.717, 1.165) is 12.1 Å². The van der Waals surface area contributed by atoms with Crippen molar-refractivity contribution in [3.8, 4) is 10.6 Å². The maximum Gasteiger partial charge on any atom is 0.435 e. The standard InChI is InChI=1S/C12H6F6IN3S/c13-11(14,15)5-3-1-2-4(6(5)9(20)21)10-22-7(8(19)23-10)12(16,17)18/h1-3H,(H3,20,21). The quantitative estimate of drug-likeness (QED) is 0.292. The van der Waals surface area contributed by atoms with Gasteiger partial charge in [-0.1, -0.05) is 12.1 Å². The number of rotatable bonds is 2. The van der Waals surface area contributed by atoms with Crippen LogP contribution in [0.2, 0.25) is 0 Å². The molecule has 3 N–H and O–H groups in total. The summed E-state index contributed by atoms with van der Waals surface area (Å²) in [5.74, 6) is -0.897. The van der Waals surface area contributed by atoms with E-state index in [2.05, 4.69) is 4.98 Å². The van der Waals surface area contributed by atoms with Crippen molar-refractivity contribution in [3.63, 3.8) is 0 Å². The number of benzene rings is 1. The molecule has 1 aromatic heterocycles. The summed E-state index contributed by atoms with van der Waals surface area (Å²) in [7, 11) is 0. The minimum absolute atomic E-state index is 0.211. The Morgan fingerprint density at radius 3 is 2.17 bits per heavy atom. The maximum absolute atomic E-state index is 13.0. The van der Waals surface area contributed by atoms with Gasteiger partial charge in [-0.15, -0.1) is 11.3 Å². The van der Waals surface area contributed by atoms with Crippen molar-refractivity contribution in [2.24, 2.45) is 5.73 Å². The number of hydrogen-bond acceptors (Lipinski definition) is 3. The Kier molecular flexibility index (Phi) is 4.63. The van der Waals surface area contributed by atoms with Gasteiger partial charge in [0.25, 0.3) is 0 Å². The summed E-state index contributed by atoms with van der Waals surface area (Å²) >= 11 is 2.00. The van der Waals surface area contributed by atoms with Crippen molar-refractivity contribution in [1.29, 1.82) is 5.41 Å². The molecule has 0 unspecified atom stereocenters. The molecule has 0 spiro atoms. The smallest absolute Gasteiger partial charge is 0.384 e. The molecule has 0 aliphatic rings. The maximum atomic E-state index is 13.0.